The lowest BCUT2D eigenvalue weighted by atomic mass is 9.95. The van der Waals surface area contributed by atoms with Crippen molar-refractivity contribution in [3.63, 3.8) is 0 Å². The second-order valence-electron chi connectivity index (χ2n) is 4.51. The van der Waals surface area contributed by atoms with Gasteiger partial charge in [-0.1, -0.05) is 50.1 Å². The number of benzene rings is 2. The SMILES string of the molecule is O=C(O)CCC(=O)c1cc(Br)ccc1-c1ccc(Br)cc1. The topological polar surface area (TPSA) is 54.4 Å². The molecule has 0 atom stereocenters. The van der Waals surface area contributed by atoms with E-state index in [-0.39, 0.29) is 18.6 Å². The molecule has 5 heteroatoms. The fourth-order valence-electron chi connectivity index (χ4n) is 1.98. The molecule has 0 heterocycles. The molecular weight excluding hydrogens is 400 g/mol. The van der Waals surface area contributed by atoms with E-state index in [0.29, 0.717) is 5.56 Å². The third-order valence-electron chi connectivity index (χ3n) is 3.00. The smallest absolute Gasteiger partial charge is 0.303 e. The van der Waals surface area contributed by atoms with Gasteiger partial charge in [-0.15, -0.1) is 0 Å². The van der Waals surface area contributed by atoms with Crippen LogP contribution in [0.5, 0.6) is 0 Å². The van der Waals surface area contributed by atoms with Gasteiger partial charge in [0, 0.05) is 20.9 Å². The van der Waals surface area contributed by atoms with Crippen LogP contribution in [0.25, 0.3) is 11.1 Å². The molecule has 0 radical (unpaired) electrons. The third-order valence-corrected chi connectivity index (χ3v) is 4.03. The highest BCUT2D eigenvalue weighted by molar-refractivity contribution is 9.10. The Balaban J connectivity index is 2.40. The summed E-state index contributed by atoms with van der Waals surface area (Å²) in [5.41, 5.74) is 2.26. The Labute approximate surface area is 139 Å². The van der Waals surface area contributed by atoms with Crippen LogP contribution in [0.1, 0.15) is 23.2 Å². The lowest BCUT2D eigenvalue weighted by Gasteiger charge is -2.09. The van der Waals surface area contributed by atoms with E-state index < -0.39 is 5.97 Å². The summed E-state index contributed by atoms with van der Waals surface area (Å²) < 4.78 is 1.75. The fourth-order valence-corrected chi connectivity index (χ4v) is 2.61. The molecule has 0 spiro atoms. The van der Waals surface area contributed by atoms with Gasteiger partial charge < -0.3 is 5.11 Å². The largest absolute Gasteiger partial charge is 0.481 e. The first kappa shape index (κ1) is 15.9. The molecule has 0 aromatic heterocycles. The first-order valence-electron chi connectivity index (χ1n) is 6.28. The Hall–Kier alpha value is -1.46. The Morgan fingerprint density at radius 3 is 2.14 bits per heavy atom. The average molecular weight is 412 g/mol. The minimum Gasteiger partial charge on any atom is -0.481 e. The number of rotatable bonds is 5. The molecule has 0 unspecified atom stereocenters. The van der Waals surface area contributed by atoms with Crippen molar-refractivity contribution in [3.8, 4) is 11.1 Å². The number of carboxylic acid groups (broad SMARTS) is 1. The molecule has 0 saturated heterocycles. The first-order valence-corrected chi connectivity index (χ1v) is 7.86. The summed E-state index contributed by atoms with van der Waals surface area (Å²) in [6, 6.07) is 13.1. The van der Waals surface area contributed by atoms with E-state index in [4.69, 9.17) is 5.11 Å². The summed E-state index contributed by atoms with van der Waals surface area (Å²) in [4.78, 5) is 22.9. The maximum absolute atomic E-state index is 12.3. The molecule has 0 saturated carbocycles. The van der Waals surface area contributed by atoms with E-state index >= 15 is 0 Å². The number of halogens is 2. The summed E-state index contributed by atoms with van der Waals surface area (Å²) in [5, 5.41) is 8.71. The molecule has 2 rings (SSSR count). The third kappa shape index (κ3) is 4.25. The van der Waals surface area contributed by atoms with Crippen LogP contribution in [0.2, 0.25) is 0 Å². The van der Waals surface area contributed by atoms with Crippen LogP contribution >= 0.6 is 31.9 Å². The maximum atomic E-state index is 12.3. The zero-order chi connectivity index (χ0) is 15.4. The van der Waals surface area contributed by atoms with Crippen molar-refractivity contribution in [2.75, 3.05) is 0 Å². The highest BCUT2D eigenvalue weighted by Gasteiger charge is 2.14. The number of hydrogen-bond donors (Lipinski definition) is 1. The van der Waals surface area contributed by atoms with Gasteiger partial charge in [-0.25, -0.2) is 0 Å². The van der Waals surface area contributed by atoms with Crippen molar-refractivity contribution in [1.82, 2.24) is 0 Å². The molecule has 2 aromatic carbocycles. The highest BCUT2D eigenvalue weighted by atomic mass is 79.9. The van der Waals surface area contributed by atoms with Crippen molar-refractivity contribution in [3.05, 3.63) is 57.0 Å². The summed E-state index contributed by atoms with van der Waals surface area (Å²) >= 11 is 6.73. The lowest BCUT2D eigenvalue weighted by Crippen LogP contribution is -2.05. The standard InChI is InChI=1S/C16H12Br2O3/c17-11-3-1-10(2-4-11)13-6-5-12(18)9-14(13)15(19)7-8-16(20)21/h1-6,9H,7-8H2,(H,20,21). The Morgan fingerprint density at radius 1 is 0.905 bits per heavy atom. The monoisotopic (exact) mass is 410 g/mol. The highest BCUT2D eigenvalue weighted by Crippen LogP contribution is 2.29. The fraction of sp³-hybridized carbons (Fsp3) is 0.125. The van der Waals surface area contributed by atoms with Gasteiger partial charge in [-0.3, -0.25) is 9.59 Å². The van der Waals surface area contributed by atoms with E-state index in [0.717, 1.165) is 20.1 Å². The minimum absolute atomic E-state index is 0.00465. The zero-order valence-corrected chi connectivity index (χ0v) is 14.1. The number of hydrogen-bond acceptors (Lipinski definition) is 2. The summed E-state index contributed by atoms with van der Waals surface area (Å²) in [6.07, 6.45) is -0.166. The summed E-state index contributed by atoms with van der Waals surface area (Å²) in [7, 11) is 0. The maximum Gasteiger partial charge on any atom is 0.303 e. The molecule has 3 nitrogen and oxygen atoms in total. The molecule has 1 N–H and O–H groups in total. The second kappa shape index (κ2) is 7.00. The lowest BCUT2D eigenvalue weighted by molar-refractivity contribution is -0.136. The van der Waals surface area contributed by atoms with Crippen LogP contribution in [0.4, 0.5) is 0 Å². The van der Waals surface area contributed by atoms with Crippen LogP contribution in [0.3, 0.4) is 0 Å². The van der Waals surface area contributed by atoms with Gasteiger partial charge in [0.05, 0.1) is 6.42 Å². The molecule has 0 aliphatic carbocycles. The van der Waals surface area contributed by atoms with Crippen LogP contribution in [-0.2, 0) is 4.79 Å². The number of ketones is 1. The van der Waals surface area contributed by atoms with E-state index in [1.807, 2.05) is 36.4 Å². The van der Waals surface area contributed by atoms with Crippen molar-refractivity contribution in [2.24, 2.45) is 0 Å². The molecule has 0 aliphatic heterocycles. The Morgan fingerprint density at radius 2 is 1.52 bits per heavy atom. The molecule has 0 fully saturated rings. The average Bonchev–Trinajstić information content (AvgIpc) is 2.45. The van der Waals surface area contributed by atoms with Gasteiger partial charge in [0.1, 0.15) is 0 Å². The molecule has 21 heavy (non-hydrogen) atoms. The number of Topliss-reactive ketones (excluding diaryl/α,β-unsaturated/α-hetero) is 1. The van der Waals surface area contributed by atoms with Gasteiger partial charge >= 0.3 is 5.97 Å². The number of carbonyl (C=O) groups excluding carboxylic acids is 1. The van der Waals surface area contributed by atoms with E-state index in [2.05, 4.69) is 31.9 Å². The van der Waals surface area contributed by atoms with Crippen molar-refractivity contribution >= 4 is 43.6 Å². The molecule has 0 bridgehead atoms. The molecule has 2 aromatic rings. The molecule has 0 aliphatic rings. The van der Waals surface area contributed by atoms with Gasteiger partial charge in [0.2, 0.25) is 0 Å². The second-order valence-corrected chi connectivity index (χ2v) is 6.35. The van der Waals surface area contributed by atoms with Gasteiger partial charge in [0.15, 0.2) is 5.78 Å². The van der Waals surface area contributed by atoms with Gasteiger partial charge in [0.25, 0.3) is 0 Å². The van der Waals surface area contributed by atoms with Crippen LogP contribution in [0.15, 0.2) is 51.4 Å². The number of carbonyl (C=O) groups is 2. The number of aliphatic carboxylic acids is 1. The van der Waals surface area contributed by atoms with E-state index in [9.17, 15) is 9.59 Å². The quantitative estimate of drug-likeness (QED) is 0.710. The minimum atomic E-state index is -0.969. The predicted molar refractivity (Wildman–Crippen MR) is 88.5 cm³/mol. The molecule has 108 valence electrons. The summed E-state index contributed by atoms with van der Waals surface area (Å²) in [6.45, 7) is 0. The molecule has 0 amide bonds. The van der Waals surface area contributed by atoms with Crippen LogP contribution in [0, 0.1) is 0 Å². The van der Waals surface area contributed by atoms with Crippen molar-refractivity contribution in [1.29, 1.82) is 0 Å². The van der Waals surface area contributed by atoms with Crippen molar-refractivity contribution in [2.45, 2.75) is 12.8 Å². The number of carboxylic acids is 1. The summed E-state index contributed by atoms with van der Waals surface area (Å²) in [5.74, 6) is -1.14. The first-order chi connectivity index (χ1) is 9.97. The Bertz CT molecular complexity index is 678. The van der Waals surface area contributed by atoms with Crippen molar-refractivity contribution < 1.29 is 14.7 Å². The molecular formula is C16H12Br2O3. The normalized spacial score (nSPS) is 10.4. The predicted octanol–water partition coefficient (Wildman–Crippen LogP) is 4.93. The van der Waals surface area contributed by atoms with Crippen LogP contribution < -0.4 is 0 Å². The van der Waals surface area contributed by atoms with Gasteiger partial charge in [-0.05, 0) is 35.4 Å². The Kier molecular flexibility index (Phi) is 5.31. The van der Waals surface area contributed by atoms with Gasteiger partial charge in [-0.2, -0.15) is 0 Å². The van der Waals surface area contributed by atoms with Crippen LogP contribution in [-0.4, -0.2) is 16.9 Å². The van der Waals surface area contributed by atoms with E-state index in [1.54, 1.807) is 6.07 Å². The van der Waals surface area contributed by atoms with E-state index in [1.165, 1.54) is 0 Å². The zero-order valence-electron chi connectivity index (χ0n) is 11.0.